The van der Waals surface area contributed by atoms with Crippen molar-refractivity contribution in [3.8, 4) is 0 Å². The van der Waals surface area contributed by atoms with Crippen LogP contribution in [-0.2, 0) is 10.1 Å². The lowest BCUT2D eigenvalue weighted by atomic mass is 10.0. The van der Waals surface area contributed by atoms with Crippen LogP contribution in [0.2, 0.25) is 0 Å². The third-order valence-electron chi connectivity index (χ3n) is 2.70. The van der Waals surface area contributed by atoms with E-state index < -0.39 is 15.4 Å². The van der Waals surface area contributed by atoms with Gasteiger partial charge in [-0.3, -0.25) is 4.55 Å². The number of hydrogen-bond donors (Lipinski definition) is 1. The number of rotatable bonds is 3. The molecule has 89 valence electrons. The van der Waals surface area contributed by atoms with Crippen molar-refractivity contribution in [2.24, 2.45) is 0 Å². The van der Waals surface area contributed by atoms with Crippen LogP contribution in [0.4, 0.5) is 0 Å². The minimum Gasteiger partial charge on any atom is -0.285 e. The van der Waals surface area contributed by atoms with Crippen molar-refractivity contribution in [2.45, 2.75) is 18.6 Å². The summed E-state index contributed by atoms with van der Waals surface area (Å²) in [6, 6.07) is 8.72. The number of hydrogen-bond acceptors (Lipinski definition) is 3. The van der Waals surface area contributed by atoms with Crippen LogP contribution >= 0.6 is 0 Å². The first-order valence-corrected chi connectivity index (χ1v) is 6.76. The second kappa shape index (κ2) is 4.43. The Morgan fingerprint density at radius 1 is 1.41 bits per heavy atom. The standard InChI is InChI=1S/C12H12NO3S/c1-2-12(17(14,15)16)10-7-8-13-11-6-4-3-5-9(10)11/h3-7,12H,2H2,1H3,(H,14,15,16). The monoisotopic (exact) mass is 250 g/mol. The molecule has 1 aromatic carbocycles. The van der Waals surface area contributed by atoms with Crippen LogP contribution in [0.15, 0.2) is 30.3 Å². The Hall–Kier alpha value is -1.46. The first-order chi connectivity index (χ1) is 8.04. The highest BCUT2D eigenvalue weighted by molar-refractivity contribution is 7.86. The van der Waals surface area contributed by atoms with Gasteiger partial charge in [-0.25, -0.2) is 4.98 Å². The lowest BCUT2D eigenvalue weighted by molar-refractivity contribution is 0.467. The zero-order valence-electron chi connectivity index (χ0n) is 9.29. The topological polar surface area (TPSA) is 67.3 Å². The van der Waals surface area contributed by atoms with Gasteiger partial charge in [-0.1, -0.05) is 25.1 Å². The van der Waals surface area contributed by atoms with Crippen molar-refractivity contribution >= 4 is 21.0 Å². The van der Waals surface area contributed by atoms with Gasteiger partial charge in [0.1, 0.15) is 5.25 Å². The van der Waals surface area contributed by atoms with E-state index in [0.29, 0.717) is 17.5 Å². The smallest absolute Gasteiger partial charge is 0.272 e. The third kappa shape index (κ3) is 2.30. The van der Waals surface area contributed by atoms with Gasteiger partial charge in [-0.05, 0) is 24.1 Å². The number of pyridine rings is 1. The summed E-state index contributed by atoms with van der Waals surface area (Å²) in [6.07, 6.45) is 2.97. The van der Waals surface area contributed by atoms with E-state index in [1.54, 1.807) is 19.1 Å². The van der Waals surface area contributed by atoms with Crippen LogP contribution in [0, 0.1) is 6.20 Å². The fourth-order valence-corrected chi connectivity index (χ4v) is 2.86. The molecule has 4 nitrogen and oxygen atoms in total. The molecule has 1 unspecified atom stereocenters. The summed E-state index contributed by atoms with van der Waals surface area (Å²) in [6.45, 7) is 1.72. The van der Waals surface area contributed by atoms with Crippen LogP contribution in [0.25, 0.3) is 10.9 Å². The van der Waals surface area contributed by atoms with Gasteiger partial charge in [0.15, 0.2) is 0 Å². The molecule has 2 rings (SSSR count). The minimum absolute atomic E-state index is 0.306. The van der Waals surface area contributed by atoms with Crippen LogP contribution < -0.4 is 0 Å². The molecular formula is C12H12NO3S. The fourth-order valence-electron chi connectivity index (χ4n) is 1.92. The molecule has 0 aliphatic heterocycles. The zero-order chi connectivity index (χ0) is 12.5. The minimum atomic E-state index is -4.11. The van der Waals surface area contributed by atoms with Crippen molar-refractivity contribution in [3.05, 3.63) is 42.1 Å². The molecule has 1 heterocycles. The number of benzene rings is 1. The Kier molecular flexibility index (Phi) is 3.13. The lowest BCUT2D eigenvalue weighted by Crippen LogP contribution is -2.11. The van der Waals surface area contributed by atoms with Crippen molar-refractivity contribution in [3.63, 3.8) is 0 Å². The average Bonchev–Trinajstić information content (AvgIpc) is 2.28. The molecular weight excluding hydrogens is 238 g/mol. The maximum atomic E-state index is 11.3. The van der Waals surface area contributed by atoms with E-state index in [1.807, 2.05) is 12.1 Å². The Morgan fingerprint density at radius 2 is 2.12 bits per heavy atom. The summed E-state index contributed by atoms with van der Waals surface area (Å²) in [5, 5.41) is -0.192. The molecule has 0 fully saturated rings. The van der Waals surface area contributed by atoms with Gasteiger partial charge in [0.2, 0.25) is 0 Å². The fraction of sp³-hybridized carbons (Fsp3) is 0.250. The summed E-state index contributed by atoms with van der Waals surface area (Å²) in [4.78, 5) is 4.04. The summed E-state index contributed by atoms with van der Waals surface area (Å²) in [7, 11) is -4.11. The molecule has 0 aliphatic rings. The highest BCUT2D eigenvalue weighted by Crippen LogP contribution is 2.29. The quantitative estimate of drug-likeness (QED) is 0.849. The molecule has 0 bridgehead atoms. The van der Waals surface area contributed by atoms with Crippen LogP contribution in [0.1, 0.15) is 24.2 Å². The third-order valence-corrected chi connectivity index (χ3v) is 4.00. The second-order valence-electron chi connectivity index (χ2n) is 3.77. The molecule has 0 amide bonds. The van der Waals surface area contributed by atoms with Gasteiger partial charge in [0.05, 0.1) is 11.7 Å². The average molecular weight is 250 g/mol. The molecule has 1 radical (unpaired) electrons. The molecule has 0 saturated carbocycles. The van der Waals surface area contributed by atoms with Crippen LogP contribution in [0.3, 0.4) is 0 Å². The van der Waals surface area contributed by atoms with E-state index in [4.69, 9.17) is 0 Å². The molecule has 17 heavy (non-hydrogen) atoms. The van der Waals surface area contributed by atoms with E-state index in [9.17, 15) is 13.0 Å². The van der Waals surface area contributed by atoms with Crippen molar-refractivity contribution < 1.29 is 13.0 Å². The Labute approximate surface area is 100 Å². The van der Waals surface area contributed by atoms with Crippen molar-refractivity contribution in [1.29, 1.82) is 0 Å². The molecule has 1 N–H and O–H groups in total. The van der Waals surface area contributed by atoms with Gasteiger partial charge < -0.3 is 0 Å². The highest BCUT2D eigenvalue weighted by atomic mass is 32.2. The molecule has 2 aromatic rings. The summed E-state index contributed by atoms with van der Waals surface area (Å²) >= 11 is 0. The van der Waals surface area contributed by atoms with E-state index in [-0.39, 0.29) is 0 Å². The largest absolute Gasteiger partial charge is 0.285 e. The van der Waals surface area contributed by atoms with Gasteiger partial charge in [0.25, 0.3) is 10.1 Å². The summed E-state index contributed by atoms with van der Waals surface area (Å²) in [5.41, 5.74) is 1.22. The molecule has 0 spiro atoms. The number of para-hydroxylation sites is 1. The van der Waals surface area contributed by atoms with Gasteiger partial charge >= 0.3 is 0 Å². The van der Waals surface area contributed by atoms with E-state index in [1.165, 1.54) is 6.07 Å². The molecule has 0 aliphatic carbocycles. The molecule has 1 atom stereocenters. The van der Waals surface area contributed by atoms with Crippen molar-refractivity contribution in [1.82, 2.24) is 4.98 Å². The predicted molar refractivity (Wildman–Crippen MR) is 65.2 cm³/mol. The van der Waals surface area contributed by atoms with E-state index >= 15 is 0 Å². The second-order valence-corrected chi connectivity index (χ2v) is 5.37. The first kappa shape index (κ1) is 12.0. The Balaban J connectivity index is 2.70. The Morgan fingerprint density at radius 3 is 2.76 bits per heavy atom. The number of nitrogens with zero attached hydrogens (tertiary/aromatic N) is 1. The molecule has 1 aromatic heterocycles. The SMILES string of the molecule is CCC(c1c[c]nc2ccccc12)S(=O)(=O)O. The maximum absolute atomic E-state index is 11.3. The van der Waals surface area contributed by atoms with Gasteiger partial charge in [0, 0.05) is 5.39 Å². The predicted octanol–water partition coefficient (Wildman–Crippen LogP) is 2.37. The van der Waals surface area contributed by atoms with Crippen LogP contribution in [0.5, 0.6) is 0 Å². The normalized spacial score (nSPS) is 13.8. The summed E-state index contributed by atoms with van der Waals surface area (Å²) < 4.78 is 31.9. The molecule has 0 saturated heterocycles. The maximum Gasteiger partial charge on any atom is 0.272 e. The zero-order valence-corrected chi connectivity index (χ0v) is 10.1. The molecule has 5 heteroatoms. The van der Waals surface area contributed by atoms with E-state index in [0.717, 1.165) is 5.39 Å². The summed E-state index contributed by atoms with van der Waals surface area (Å²) in [5.74, 6) is 0. The van der Waals surface area contributed by atoms with Gasteiger partial charge in [-0.15, -0.1) is 0 Å². The number of aromatic nitrogens is 1. The number of fused-ring (bicyclic) bond motifs is 1. The van der Waals surface area contributed by atoms with Crippen LogP contribution in [-0.4, -0.2) is 18.0 Å². The Bertz CT molecular complexity index is 632. The highest BCUT2D eigenvalue weighted by Gasteiger charge is 2.24. The van der Waals surface area contributed by atoms with E-state index in [2.05, 4.69) is 11.2 Å². The van der Waals surface area contributed by atoms with Crippen molar-refractivity contribution in [2.75, 3.05) is 0 Å². The van der Waals surface area contributed by atoms with Gasteiger partial charge in [-0.2, -0.15) is 8.42 Å². The first-order valence-electron chi connectivity index (χ1n) is 5.26. The lowest BCUT2D eigenvalue weighted by Gasteiger charge is -2.13.